The van der Waals surface area contributed by atoms with Crippen LogP contribution in [0.4, 0.5) is 0 Å². The van der Waals surface area contributed by atoms with Crippen LogP contribution >= 0.6 is 22.7 Å². The van der Waals surface area contributed by atoms with Crippen molar-refractivity contribution in [3.8, 4) is 0 Å². The molecule has 2 aliphatic rings. The van der Waals surface area contributed by atoms with E-state index in [4.69, 9.17) is 4.98 Å². The number of nitrogens with zero attached hydrogens (tertiary/aromatic N) is 2. The van der Waals surface area contributed by atoms with E-state index < -0.39 is 0 Å². The van der Waals surface area contributed by atoms with Crippen molar-refractivity contribution in [2.75, 3.05) is 6.54 Å². The van der Waals surface area contributed by atoms with Gasteiger partial charge in [-0.1, -0.05) is 6.07 Å². The molecule has 22 heavy (non-hydrogen) atoms. The number of rotatable bonds is 5. The van der Waals surface area contributed by atoms with Gasteiger partial charge in [0, 0.05) is 15.8 Å². The van der Waals surface area contributed by atoms with E-state index in [2.05, 4.69) is 4.90 Å². The smallest absolute Gasteiger partial charge is 0.107 e. The number of aryl methyl sites for hydroxylation is 2. The van der Waals surface area contributed by atoms with Gasteiger partial charge in [0.15, 0.2) is 0 Å². The van der Waals surface area contributed by atoms with Gasteiger partial charge in [-0.15, -0.1) is 22.7 Å². The molecule has 2 unspecified atom stereocenters. The lowest BCUT2D eigenvalue weighted by atomic mass is 10.1. The first kappa shape index (κ1) is 14.8. The molecular formula is C17H22N2OS2. The van der Waals surface area contributed by atoms with Crippen molar-refractivity contribution in [3.05, 3.63) is 38.0 Å². The van der Waals surface area contributed by atoms with Crippen LogP contribution in [0.15, 0.2) is 17.5 Å². The fraction of sp³-hybridized carbons (Fsp3) is 0.588. The molecule has 118 valence electrons. The molecule has 1 aliphatic carbocycles. The Balaban J connectivity index is 1.40. The number of aliphatic hydroxyl groups excluding tert-OH is 1. The highest BCUT2D eigenvalue weighted by Crippen LogP contribution is 2.32. The molecule has 5 heteroatoms. The SMILES string of the molecule is OC(CC1CCCN1Cc1nc2c(s1)CCC2)c1cccs1. The van der Waals surface area contributed by atoms with Crippen molar-refractivity contribution < 1.29 is 5.11 Å². The van der Waals surface area contributed by atoms with Crippen molar-refractivity contribution in [3.63, 3.8) is 0 Å². The van der Waals surface area contributed by atoms with Gasteiger partial charge in [0.1, 0.15) is 5.01 Å². The summed E-state index contributed by atoms with van der Waals surface area (Å²) in [7, 11) is 0. The summed E-state index contributed by atoms with van der Waals surface area (Å²) in [5.41, 5.74) is 1.36. The van der Waals surface area contributed by atoms with Gasteiger partial charge in [0.25, 0.3) is 0 Å². The first-order valence-electron chi connectivity index (χ1n) is 8.22. The number of thiazole rings is 1. The topological polar surface area (TPSA) is 36.4 Å². The molecule has 0 spiro atoms. The Bertz CT molecular complexity index is 601. The summed E-state index contributed by atoms with van der Waals surface area (Å²) in [6, 6.07) is 4.56. The summed E-state index contributed by atoms with van der Waals surface area (Å²) >= 11 is 3.57. The van der Waals surface area contributed by atoms with Gasteiger partial charge in [-0.2, -0.15) is 0 Å². The number of thiophene rings is 1. The molecule has 0 amide bonds. The Hall–Kier alpha value is -0.750. The van der Waals surface area contributed by atoms with Crippen molar-refractivity contribution in [1.29, 1.82) is 0 Å². The Kier molecular flexibility index (Phi) is 4.31. The minimum atomic E-state index is -0.313. The first-order valence-corrected chi connectivity index (χ1v) is 9.92. The number of hydrogen-bond donors (Lipinski definition) is 1. The minimum absolute atomic E-state index is 0.313. The van der Waals surface area contributed by atoms with Crippen LogP contribution in [0.5, 0.6) is 0 Å². The highest BCUT2D eigenvalue weighted by molar-refractivity contribution is 7.11. The number of aromatic nitrogens is 1. The highest BCUT2D eigenvalue weighted by Gasteiger charge is 2.28. The lowest BCUT2D eigenvalue weighted by Crippen LogP contribution is -2.30. The average Bonchev–Trinajstić information content (AvgIpc) is 3.22. The molecule has 2 aromatic rings. The maximum atomic E-state index is 10.4. The number of fused-ring (bicyclic) bond motifs is 1. The summed E-state index contributed by atoms with van der Waals surface area (Å²) in [5.74, 6) is 0. The summed E-state index contributed by atoms with van der Waals surface area (Å²) in [5, 5.41) is 13.7. The molecule has 3 nitrogen and oxygen atoms in total. The summed E-state index contributed by atoms with van der Waals surface area (Å²) < 4.78 is 0. The Morgan fingerprint density at radius 3 is 3.14 bits per heavy atom. The van der Waals surface area contributed by atoms with Crippen LogP contribution < -0.4 is 0 Å². The van der Waals surface area contributed by atoms with Crippen molar-refractivity contribution in [1.82, 2.24) is 9.88 Å². The van der Waals surface area contributed by atoms with Crippen molar-refractivity contribution in [2.24, 2.45) is 0 Å². The quantitative estimate of drug-likeness (QED) is 0.904. The molecular weight excluding hydrogens is 312 g/mol. The third kappa shape index (κ3) is 3.00. The van der Waals surface area contributed by atoms with E-state index in [1.54, 1.807) is 11.3 Å². The maximum absolute atomic E-state index is 10.4. The molecule has 0 bridgehead atoms. The molecule has 0 saturated carbocycles. The molecule has 1 N–H and O–H groups in total. The van der Waals surface area contributed by atoms with Crippen molar-refractivity contribution >= 4 is 22.7 Å². The summed E-state index contributed by atoms with van der Waals surface area (Å²) in [6.07, 6.45) is 6.67. The predicted octanol–water partition coefficient (Wildman–Crippen LogP) is 3.78. The third-order valence-electron chi connectivity index (χ3n) is 4.84. The number of likely N-dealkylation sites (tertiary alicyclic amines) is 1. The van der Waals surface area contributed by atoms with Crippen molar-refractivity contribution in [2.45, 2.75) is 57.2 Å². The van der Waals surface area contributed by atoms with Gasteiger partial charge in [0.05, 0.1) is 18.3 Å². The molecule has 0 radical (unpaired) electrons. The number of hydrogen-bond acceptors (Lipinski definition) is 5. The van der Waals surface area contributed by atoms with Crippen LogP contribution in [0.2, 0.25) is 0 Å². The average molecular weight is 335 g/mol. The van der Waals surface area contributed by atoms with Gasteiger partial charge in [-0.05, 0) is 56.5 Å². The second-order valence-electron chi connectivity index (χ2n) is 6.36. The standard InChI is InChI=1S/C17H22N2OS2/c20-14(16-7-3-9-21-16)10-12-4-2-8-19(12)11-17-18-13-5-1-6-15(13)22-17/h3,7,9,12,14,20H,1-2,4-6,8,10-11H2. The molecule has 0 aromatic carbocycles. The molecule has 1 fully saturated rings. The second-order valence-corrected chi connectivity index (χ2v) is 8.51. The molecule has 1 saturated heterocycles. The van der Waals surface area contributed by atoms with Crippen LogP contribution in [0.25, 0.3) is 0 Å². The van der Waals surface area contributed by atoms with E-state index in [0.29, 0.717) is 6.04 Å². The van der Waals surface area contributed by atoms with Crippen LogP contribution in [-0.4, -0.2) is 27.6 Å². The monoisotopic (exact) mass is 334 g/mol. The lowest BCUT2D eigenvalue weighted by Gasteiger charge is -2.25. The van der Waals surface area contributed by atoms with Gasteiger partial charge < -0.3 is 5.11 Å². The normalized spacial score (nSPS) is 23.0. The van der Waals surface area contributed by atoms with E-state index >= 15 is 0 Å². The minimum Gasteiger partial charge on any atom is -0.388 e. The van der Waals surface area contributed by atoms with Gasteiger partial charge >= 0.3 is 0 Å². The second kappa shape index (κ2) is 6.40. The van der Waals surface area contributed by atoms with E-state index in [1.807, 2.05) is 28.8 Å². The van der Waals surface area contributed by atoms with E-state index in [9.17, 15) is 5.11 Å². The van der Waals surface area contributed by atoms with Crippen LogP contribution in [0.1, 0.15) is 52.2 Å². The molecule has 2 atom stereocenters. The molecule has 1 aliphatic heterocycles. The fourth-order valence-corrected chi connectivity index (χ4v) is 5.62. The van der Waals surface area contributed by atoms with Crippen LogP contribution in [-0.2, 0) is 19.4 Å². The summed E-state index contributed by atoms with van der Waals surface area (Å²) in [4.78, 5) is 9.98. The van der Waals surface area contributed by atoms with Crippen LogP contribution in [0.3, 0.4) is 0 Å². The highest BCUT2D eigenvalue weighted by atomic mass is 32.1. The van der Waals surface area contributed by atoms with Gasteiger partial charge in [-0.3, -0.25) is 4.90 Å². The first-order chi connectivity index (χ1) is 10.8. The Morgan fingerprint density at radius 2 is 2.32 bits per heavy atom. The summed E-state index contributed by atoms with van der Waals surface area (Å²) in [6.45, 7) is 2.12. The fourth-order valence-electron chi connectivity index (χ4n) is 3.71. The lowest BCUT2D eigenvalue weighted by molar-refractivity contribution is 0.120. The molecule has 2 aromatic heterocycles. The Morgan fingerprint density at radius 1 is 1.36 bits per heavy atom. The predicted molar refractivity (Wildman–Crippen MR) is 91.5 cm³/mol. The third-order valence-corrected chi connectivity index (χ3v) is 6.96. The Labute approximate surface area is 139 Å². The zero-order valence-electron chi connectivity index (χ0n) is 12.7. The molecule has 3 heterocycles. The zero-order valence-corrected chi connectivity index (χ0v) is 14.3. The van der Waals surface area contributed by atoms with Gasteiger partial charge in [0.2, 0.25) is 0 Å². The number of aliphatic hydroxyl groups is 1. The largest absolute Gasteiger partial charge is 0.388 e. The van der Waals surface area contributed by atoms with E-state index in [-0.39, 0.29) is 6.10 Å². The molecule has 4 rings (SSSR count). The van der Waals surface area contributed by atoms with E-state index in [1.165, 1.54) is 47.7 Å². The maximum Gasteiger partial charge on any atom is 0.107 e. The van der Waals surface area contributed by atoms with Crippen LogP contribution in [0, 0.1) is 0 Å². The zero-order chi connectivity index (χ0) is 14.9. The van der Waals surface area contributed by atoms with Gasteiger partial charge in [-0.25, -0.2) is 4.98 Å². The van der Waals surface area contributed by atoms with E-state index in [0.717, 1.165) is 24.4 Å².